The summed E-state index contributed by atoms with van der Waals surface area (Å²) in [5.41, 5.74) is 0.380. The Labute approximate surface area is 92.0 Å². The molecule has 0 bridgehead atoms. The van der Waals surface area contributed by atoms with Gasteiger partial charge in [-0.05, 0) is 13.0 Å². The molecule has 0 unspecified atom stereocenters. The molecule has 0 atom stereocenters. The number of carbonyl (C=O) groups is 1. The maximum absolute atomic E-state index is 10.7. The molecule has 2 aromatic rings. The molecule has 0 amide bonds. The Bertz CT molecular complexity index is 480. The van der Waals surface area contributed by atoms with Crippen LogP contribution in [0.5, 0.6) is 0 Å². The van der Waals surface area contributed by atoms with Crippen LogP contribution in [-0.2, 0) is 0 Å². The van der Waals surface area contributed by atoms with Crippen molar-refractivity contribution in [2.75, 3.05) is 0 Å². The third kappa shape index (κ3) is 1.52. The number of rotatable bonds is 1. The molecular weight excluding hydrogens is 177 g/mol. The molecule has 0 fully saturated rings. The molecule has 0 saturated carbocycles. The summed E-state index contributed by atoms with van der Waals surface area (Å²) in [6, 6.07) is 1.73. The van der Waals surface area contributed by atoms with Crippen LogP contribution >= 0.6 is 0 Å². The number of carboxylic acids is 1. The van der Waals surface area contributed by atoms with Gasteiger partial charge in [-0.15, -0.1) is 0 Å². The summed E-state index contributed by atoms with van der Waals surface area (Å²) < 4.78 is 1.64. The van der Waals surface area contributed by atoms with Gasteiger partial charge in [0.2, 0.25) is 0 Å². The summed E-state index contributed by atoms with van der Waals surface area (Å²) in [6.45, 7) is 1.74. The third-order valence-electron chi connectivity index (χ3n) is 1.78. The second kappa shape index (κ2) is 3.82. The van der Waals surface area contributed by atoms with Crippen molar-refractivity contribution in [3.05, 3.63) is 30.0 Å². The summed E-state index contributed by atoms with van der Waals surface area (Å²) >= 11 is 0. The fraction of sp³-hybridized carbons (Fsp3) is 0.125. The molecule has 2 rings (SSSR count). The fourth-order valence-corrected chi connectivity index (χ4v) is 1.22. The minimum Gasteiger partial charge on any atom is -0.476 e. The summed E-state index contributed by atoms with van der Waals surface area (Å²) in [4.78, 5) is 18.5. The van der Waals surface area contributed by atoms with Gasteiger partial charge in [-0.2, -0.15) is 0 Å². The molecular formula is C8H7LiN3O2. The quantitative estimate of drug-likeness (QED) is 0.649. The molecule has 2 heterocycles. The van der Waals surface area contributed by atoms with Crippen molar-refractivity contribution in [3.63, 3.8) is 0 Å². The molecule has 0 aromatic carbocycles. The van der Waals surface area contributed by atoms with Crippen LogP contribution in [0.1, 0.15) is 16.3 Å². The van der Waals surface area contributed by atoms with Crippen LogP contribution in [0.3, 0.4) is 0 Å². The van der Waals surface area contributed by atoms with E-state index in [-0.39, 0.29) is 24.6 Å². The summed E-state index contributed by atoms with van der Waals surface area (Å²) in [5, 5.41) is 8.78. The van der Waals surface area contributed by atoms with Gasteiger partial charge in [0.15, 0.2) is 11.3 Å². The Balaban J connectivity index is 0.000000980. The largest absolute Gasteiger partial charge is 0.476 e. The SMILES string of the molecule is Cc1nc(C(=O)O)c2ncccn12.[Li]. The Morgan fingerprint density at radius 3 is 2.93 bits per heavy atom. The average Bonchev–Trinajstić information content (AvgIpc) is 2.45. The Kier molecular flexibility index (Phi) is 2.94. The number of hydrogen-bond acceptors (Lipinski definition) is 3. The molecule has 0 aliphatic heterocycles. The number of hydrogen-bond donors (Lipinski definition) is 1. The van der Waals surface area contributed by atoms with Crippen molar-refractivity contribution < 1.29 is 9.90 Å². The first kappa shape index (κ1) is 10.8. The van der Waals surface area contributed by atoms with E-state index < -0.39 is 5.97 Å². The summed E-state index contributed by atoms with van der Waals surface area (Å²) in [7, 11) is 0. The normalized spacial score (nSPS) is 9.79. The van der Waals surface area contributed by atoms with Crippen LogP contribution < -0.4 is 0 Å². The van der Waals surface area contributed by atoms with Gasteiger partial charge < -0.3 is 5.11 Å². The fourth-order valence-electron chi connectivity index (χ4n) is 1.22. The Morgan fingerprint density at radius 1 is 1.57 bits per heavy atom. The van der Waals surface area contributed by atoms with Gasteiger partial charge in [-0.3, -0.25) is 4.40 Å². The van der Waals surface area contributed by atoms with E-state index in [1.54, 1.807) is 29.8 Å². The molecule has 2 aromatic heterocycles. The maximum atomic E-state index is 10.7. The summed E-state index contributed by atoms with van der Waals surface area (Å²) in [5.74, 6) is -0.426. The van der Waals surface area contributed by atoms with E-state index in [1.807, 2.05) is 0 Å². The third-order valence-corrected chi connectivity index (χ3v) is 1.78. The molecule has 0 aliphatic rings. The molecule has 1 radical (unpaired) electrons. The Hall–Kier alpha value is -1.31. The first-order chi connectivity index (χ1) is 6.20. The molecule has 67 valence electrons. The molecule has 5 nitrogen and oxygen atoms in total. The topological polar surface area (TPSA) is 67.5 Å². The number of nitrogens with zero attached hydrogens (tertiary/aromatic N) is 3. The average molecular weight is 184 g/mol. The van der Waals surface area contributed by atoms with E-state index in [9.17, 15) is 4.79 Å². The van der Waals surface area contributed by atoms with Gasteiger partial charge in [0.1, 0.15) is 5.82 Å². The smallest absolute Gasteiger partial charge is 0.358 e. The van der Waals surface area contributed by atoms with Crippen molar-refractivity contribution in [1.29, 1.82) is 0 Å². The second-order valence-corrected chi connectivity index (χ2v) is 2.63. The number of fused-ring (bicyclic) bond motifs is 1. The van der Waals surface area contributed by atoms with Crippen molar-refractivity contribution in [2.45, 2.75) is 6.92 Å². The van der Waals surface area contributed by atoms with Crippen LogP contribution in [0.15, 0.2) is 18.5 Å². The van der Waals surface area contributed by atoms with E-state index in [0.29, 0.717) is 11.5 Å². The number of aromatic nitrogens is 3. The van der Waals surface area contributed by atoms with Crippen LogP contribution in [0, 0.1) is 6.92 Å². The van der Waals surface area contributed by atoms with E-state index in [4.69, 9.17) is 5.11 Å². The van der Waals surface area contributed by atoms with Gasteiger partial charge >= 0.3 is 5.97 Å². The van der Waals surface area contributed by atoms with Crippen LogP contribution in [0.2, 0.25) is 0 Å². The predicted octanol–water partition coefficient (Wildman–Crippen LogP) is 0.355. The van der Waals surface area contributed by atoms with E-state index >= 15 is 0 Å². The van der Waals surface area contributed by atoms with E-state index in [1.165, 1.54) is 0 Å². The zero-order valence-electron chi connectivity index (χ0n) is 7.93. The van der Waals surface area contributed by atoms with Crippen LogP contribution in [-0.4, -0.2) is 44.3 Å². The molecule has 6 heteroatoms. The number of carboxylic acid groups (broad SMARTS) is 1. The Morgan fingerprint density at radius 2 is 2.29 bits per heavy atom. The number of imidazole rings is 1. The van der Waals surface area contributed by atoms with E-state index in [2.05, 4.69) is 9.97 Å². The van der Waals surface area contributed by atoms with Crippen molar-refractivity contribution >= 4 is 30.5 Å². The zero-order chi connectivity index (χ0) is 9.42. The first-order valence-corrected chi connectivity index (χ1v) is 3.73. The summed E-state index contributed by atoms with van der Waals surface area (Å²) in [6.07, 6.45) is 3.28. The molecule has 0 aliphatic carbocycles. The maximum Gasteiger partial charge on any atom is 0.358 e. The zero-order valence-corrected chi connectivity index (χ0v) is 7.93. The van der Waals surface area contributed by atoms with Gasteiger partial charge in [0.25, 0.3) is 0 Å². The number of aromatic carboxylic acids is 1. The van der Waals surface area contributed by atoms with Crippen LogP contribution in [0.4, 0.5) is 0 Å². The molecule has 0 spiro atoms. The second-order valence-electron chi connectivity index (χ2n) is 2.63. The minimum absolute atomic E-state index is 0. The minimum atomic E-state index is -1.05. The molecule has 1 N–H and O–H groups in total. The van der Waals surface area contributed by atoms with Crippen LogP contribution in [0.25, 0.3) is 5.65 Å². The van der Waals surface area contributed by atoms with Gasteiger partial charge in [-0.25, -0.2) is 14.8 Å². The predicted molar refractivity (Wildman–Crippen MR) is 50.4 cm³/mol. The number of aryl methyl sites for hydroxylation is 1. The van der Waals surface area contributed by atoms with E-state index in [0.717, 1.165) is 0 Å². The monoisotopic (exact) mass is 184 g/mol. The van der Waals surface area contributed by atoms with Gasteiger partial charge in [0.05, 0.1) is 0 Å². The molecule has 0 saturated heterocycles. The van der Waals surface area contributed by atoms with Crippen molar-refractivity contribution in [2.24, 2.45) is 0 Å². The van der Waals surface area contributed by atoms with Gasteiger partial charge in [-0.1, -0.05) is 0 Å². The van der Waals surface area contributed by atoms with Crippen molar-refractivity contribution in [1.82, 2.24) is 14.4 Å². The first-order valence-electron chi connectivity index (χ1n) is 3.73. The van der Waals surface area contributed by atoms with Crippen molar-refractivity contribution in [3.8, 4) is 0 Å². The van der Waals surface area contributed by atoms with Gasteiger partial charge in [0, 0.05) is 31.3 Å². The molecule has 14 heavy (non-hydrogen) atoms. The standard InChI is InChI=1S/C8H7N3O2.Li/c1-5-10-6(8(12)13)7-9-3-2-4-11(5)7;/h2-4H,1H3,(H,12,13);.